The van der Waals surface area contributed by atoms with E-state index in [-0.39, 0.29) is 41.4 Å². The molecule has 2 aromatic rings. The van der Waals surface area contributed by atoms with Crippen molar-refractivity contribution in [1.82, 2.24) is 5.43 Å². The van der Waals surface area contributed by atoms with Crippen molar-refractivity contribution in [2.75, 3.05) is 7.11 Å². The Morgan fingerprint density at radius 1 is 1.32 bits per heavy atom. The minimum absolute atomic E-state index is 0.0380. The molecule has 1 amide bonds. The molecule has 0 unspecified atom stereocenters. The van der Waals surface area contributed by atoms with E-state index < -0.39 is 4.92 Å². The minimum Gasteiger partial charge on any atom is -0.508 e. The first-order valence-corrected chi connectivity index (χ1v) is 8.43. The van der Waals surface area contributed by atoms with Gasteiger partial charge in [0, 0.05) is 11.6 Å². The fourth-order valence-corrected chi connectivity index (χ4v) is 2.34. The van der Waals surface area contributed by atoms with Gasteiger partial charge >= 0.3 is 5.69 Å². The highest BCUT2D eigenvalue weighted by Crippen LogP contribution is 2.38. The topological polar surface area (TPSA) is 123 Å². The van der Waals surface area contributed by atoms with Gasteiger partial charge < -0.3 is 14.6 Å². The number of nitro groups is 1. The first-order valence-electron chi connectivity index (χ1n) is 8.43. The van der Waals surface area contributed by atoms with E-state index in [4.69, 9.17) is 9.47 Å². The van der Waals surface area contributed by atoms with Crippen LogP contribution in [0.1, 0.15) is 25.0 Å². The van der Waals surface area contributed by atoms with Gasteiger partial charge in [-0.3, -0.25) is 14.9 Å². The van der Waals surface area contributed by atoms with Crippen LogP contribution in [0.3, 0.4) is 0 Å². The number of nitrogens with one attached hydrogen (secondary N) is 1. The Hall–Kier alpha value is -3.62. The molecule has 2 N–H and O–H groups in total. The van der Waals surface area contributed by atoms with E-state index in [1.165, 1.54) is 37.6 Å². The molecule has 148 valence electrons. The van der Waals surface area contributed by atoms with Crippen LogP contribution in [0.15, 0.2) is 41.5 Å². The van der Waals surface area contributed by atoms with E-state index in [0.717, 1.165) is 0 Å². The number of hydrogen-bond acceptors (Lipinski definition) is 7. The van der Waals surface area contributed by atoms with Crippen LogP contribution < -0.4 is 14.9 Å². The van der Waals surface area contributed by atoms with Crippen molar-refractivity contribution in [2.24, 2.45) is 5.10 Å². The van der Waals surface area contributed by atoms with Crippen molar-refractivity contribution in [1.29, 1.82) is 0 Å². The van der Waals surface area contributed by atoms with Gasteiger partial charge in [-0.25, -0.2) is 5.43 Å². The van der Waals surface area contributed by atoms with Gasteiger partial charge in [-0.15, -0.1) is 0 Å². The van der Waals surface area contributed by atoms with Gasteiger partial charge in [0.25, 0.3) is 0 Å². The van der Waals surface area contributed by atoms with Gasteiger partial charge in [-0.2, -0.15) is 5.10 Å². The summed E-state index contributed by atoms with van der Waals surface area (Å²) in [5, 5.41) is 24.4. The van der Waals surface area contributed by atoms with Crippen LogP contribution in [0.5, 0.6) is 17.2 Å². The fraction of sp³-hybridized carbons (Fsp3) is 0.263. The number of phenols is 1. The number of hydrazone groups is 1. The van der Waals surface area contributed by atoms with Crippen molar-refractivity contribution in [3.63, 3.8) is 0 Å². The lowest BCUT2D eigenvalue weighted by atomic mass is 10.1. The SMILES string of the molecule is COc1cc(/C=N\NC(=O)Cc2ccc(O)cc2)cc([N+](=O)[O-])c1OC(C)C. The Morgan fingerprint density at radius 3 is 2.57 bits per heavy atom. The van der Waals surface area contributed by atoms with Crippen LogP contribution in [0.4, 0.5) is 5.69 Å². The monoisotopic (exact) mass is 387 g/mol. The Morgan fingerprint density at radius 2 is 2.00 bits per heavy atom. The Labute approximate surface area is 161 Å². The summed E-state index contributed by atoms with van der Waals surface area (Å²) < 4.78 is 10.7. The summed E-state index contributed by atoms with van der Waals surface area (Å²) in [6.45, 7) is 3.50. The standard InChI is InChI=1S/C19H21N3O6/c1-12(2)28-19-16(22(25)26)8-14(9-17(19)27-3)11-20-21-18(24)10-13-4-6-15(23)7-5-13/h4-9,11-12,23H,10H2,1-3H3,(H,21,24)/b20-11-. The van der Waals surface area contributed by atoms with Gasteiger partial charge in [0.1, 0.15) is 5.75 Å². The molecule has 0 radical (unpaired) electrons. The van der Waals surface area contributed by atoms with Crippen molar-refractivity contribution < 1.29 is 24.3 Å². The van der Waals surface area contributed by atoms with Crippen LogP contribution in [0.2, 0.25) is 0 Å². The van der Waals surface area contributed by atoms with Crippen LogP contribution in [-0.2, 0) is 11.2 Å². The Bertz CT molecular complexity index is 878. The molecule has 0 aromatic heterocycles. The summed E-state index contributed by atoms with van der Waals surface area (Å²) in [4.78, 5) is 22.7. The molecule has 9 heteroatoms. The number of carbonyl (C=O) groups is 1. The largest absolute Gasteiger partial charge is 0.508 e. The molecule has 0 aliphatic heterocycles. The zero-order chi connectivity index (χ0) is 20.7. The summed E-state index contributed by atoms with van der Waals surface area (Å²) in [5.41, 5.74) is 3.17. The molecule has 0 saturated heterocycles. The third kappa shape index (κ3) is 5.70. The lowest BCUT2D eigenvalue weighted by molar-refractivity contribution is -0.386. The van der Waals surface area contributed by atoms with E-state index in [1.807, 2.05) is 0 Å². The number of aromatic hydroxyl groups is 1. The van der Waals surface area contributed by atoms with Crippen LogP contribution in [-0.4, -0.2) is 35.4 Å². The number of ether oxygens (including phenoxy) is 2. The zero-order valence-electron chi connectivity index (χ0n) is 15.7. The average Bonchev–Trinajstić information content (AvgIpc) is 2.63. The van der Waals surface area contributed by atoms with Crippen LogP contribution in [0, 0.1) is 10.1 Å². The maximum Gasteiger partial charge on any atom is 0.315 e. The highest BCUT2D eigenvalue weighted by Gasteiger charge is 2.23. The molecule has 0 heterocycles. The van der Waals surface area contributed by atoms with Crippen LogP contribution >= 0.6 is 0 Å². The second kappa shape index (κ2) is 9.36. The van der Waals surface area contributed by atoms with Gasteiger partial charge in [-0.1, -0.05) is 12.1 Å². The van der Waals surface area contributed by atoms with E-state index in [9.17, 15) is 20.0 Å². The number of hydrogen-bond donors (Lipinski definition) is 2. The summed E-state index contributed by atoms with van der Waals surface area (Å²) in [6.07, 6.45) is 1.08. The van der Waals surface area contributed by atoms with Crippen molar-refractivity contribution in [3.8, 4) is 17.2 Å². The Kier molecular flexibility index (Phi) is 6.91. The fourth-order valence-electron chi connectivity index (χ4n) is 2.34. The predicted octanol–water partition coefficient (Wildman–Crippen LogP) is 2.79. The summed E-state index contributed by atoms with van der Waals surface area (Å²) in [5.74, 6) is -0.0263. The van der Waals surface area contributed by atoms with Gasteiger partial charge in [-0.05, 0) is 37.6 Å². The molecule has 0 atom stereocenters. The molecule has 0 bridgehead atoms. The minimum atomic E-state index is -0.568. The summed E-state index contributed by atoms with van der Waals surface area (Å²) in [7, 11) is 1.38. The number of rotatable bonds is 8. The quantitative estimate of drug-likeness (QED) is 0.408. The highest BCUT2D eigenvalue weighted by atomic mass is 16.6. The number of nitrogens with zero attached hydrogens (tertiary/aromatic N) is 2. The molecule has 2 rings (SSSR count). The van der Waals surface area contributed by atoms with E-state index in [1.54, 1.807) is 26.0 Å². The molecular weight excluding hydrogens is 366 g/mol. The van der Waals surface area contributed by atoms with Gasteiger partial charge in [0.15, 0.2) is 5.75 Å². The predicted molar refractivity (Wildman–Crippen MR) is 103 cm³/mol. The van der Waals surface area contributed by atoms with E-state index in [2.05, 4.69) is 10.5 Å². The number of carbonyl (C=O) groups excluding carboxylic acids is 1. The molecular formula is C19H21N3O6. The van der Waals surface area contributed by atoms with Gasteiger partial charge in [0.2, 0.25) is 11.7 Å². The first kappa shape index (κ1) is 20.7. The molecule has 0 saturated carbocycles. The molecule has 0 aliphatic rings. The smallest absolute Gasteiger partial charge is 0.315 e. The molecule has 0 fully saturated rings. The normalized spacial score (nSPS) is 10.9. The first-order chi connectivity index (χ1) is 13.3. The third-order valence-corrected chi connectivity index (χ3v) is 3.53. The maximum atomic E-state index is 11.9. The van der Waals surface area contributed by atoms with Crippen LogP contribution in [0.25, 0.3) is 0 Å². The zero-order valence-corrected chi connectivity index (χ0v) is 15.7. The number of benzene rings is 2. The summed E-state index contributed by atoms with van der Waals surface area (Å²) >= 11 is 0. The average molecular weight is 387 g/mol. The molecule has 2 aromatic carbocycles. The highest BCUT2D eigenvalue weighted by molar-refractivity contribution is 5.85. The molecule has 9 nitrogen and oxygen atoms in total. The molecule has 0 spiro atoms. The third-order valence-electron chi connectivity index (χ3n) is 3.53. The molecule has 0 aliphatic carbocycles. The lowest BCUT2D eigenvalue weighted by Gasteiger charge is -2.14. The number of methoxy groups -OCH3 is 1. The number of nitro benzene ring substituents is 1. The van der Waals surface area contributed by atoms with E-state index in [0.29, 0.717) is 11.1 Å². The maximum absolute atomic E-state index is 11.9. The van der Waals surface area contributed by atoms with E-state index >= 15 is 0 Å². The van der Waals surface area contributed by atoms with Gasteiger partial charge in [0.05, 0.1) is 30.8 Å². The number of amides is 1. The second-order valence-corrected chi connectivity index (χ2v) is 6.13. The van der Waals surface area contributed by atoms with Crippen molar-refractivity contribution >= 4 is 17.8 Å². The van der Waals surface area contributed by atoms with Crippen molar-refractivity contribution in [2.45, 2.75) is 26.4 Å². The van der Waals surface area contributed by atoms with Crippen molar-refractivity contribution in [3.05, 3.63) is 57.6 Å². The number of phenolic OH excluding ortho intramolecular Hbond substituents is 1. The molecule has 28 heavy (non-hydrogen) atoms. The second-order valence-electron chi connectivity index (χ2n) is 6.13. The summed E-state index contributed by atoms with van der Waals surface area (Å²) in [6, 6.07) is 9.03. The Balaban J connectivity index is 2.13. The lowest BCUT2D eigenvalue weighted by Crippen LogP contribution is -2.19.